The molecule has 1 amide bonds. The maximum absolute atomic E-state index is 12.0. The summed E-state index contributed by atoms with van der Waals surface area (Å²) in [6.45, 7) is 4.95. The minimum atomic E-state index is -4.45. The fraction of sp³-hybridized carbons (Fsp3) is 0.500. The molecule has 0 aliphatic heterocycles. The van der Waals surface area contributed by atoms with Crippen LogP contribution in [0.15, 0.2) is 11.4 Å². The average Bonchev–Trinajstić information content (AvgIpc) is 3.05. The molecule has 0 atom stereocenters. The lowest BCUT2D eigenvalue weighted by molar-refractivity contribution is -0.174. The molecule has 9 heteroatoms. The van der Waals surface area contributed by atoms with Gasteiger partial charge in [-0.1, -0.05) is 6.92 Å². The highest BCUT2D eigenvalue weighted by Crippen LogP contribution is 2.30. The molecule has 0 unspecified atom stereocenters. The number of amides is 1. The van der Waals surface area contributed by atoms with E-state index in [4.69, 9.17) is 0 Å². The summed E-state index contributed by atoms with van der Waals surface area (Å²) >= 11 is 1.22. The molecule has 0 spiro atoms. The second-order valence-electron chi connectivity index (χ2n) is 5.63. The number of carbonyl (C=O) groups excluding carboxylic acids is 1. The van der Waals surface area contributed by atoms with Gasteiger partial charge in [0.15, 0.2) is 5.13 Å². The molecule has 0 bridgehead atoms. The third kappa shape index (κ3) is 5.30. The molecular weight excluding hydrogens is 355 g/mol. The highest BCUT2D eigenvalue weighted by molar-refractivity contribution is 7.14. The fourth-order valence-electron chi connectivity index (χ4n) is 2.50. The van der Waals surface area contributed by atoms with Crippen LogP contribution in [-0.4, -0.2) is 34.8 Å². The fourth-order valence-corrected chi connectivity index (χ4v) is 3.22. The Balaban J connectivity index is 2.01. The first-order chi connectivity index (χ1) is 11.7. The molecule has 0 fully saturated rings. The Morgan fingerprint density at radius 2 is 2.12 bits per heavy atom. The molecule has 2 rings (SSSR count). The molecule has 138 valence electrons. The lowest BCUT2D eigenvalue weighted by Gasteiger charge is -2.07. The van der Waals surface area contributed by atoms with Gasteiger partial charge in [-0.3, -0.25) is 10.1 Å². The molecule has 0 saturated heterocycles. The Bertz CT molecular complexity index is 738. The van der Waals surface area contributed by atoms with Gasteiger partial charge in [0, 0.05) is 28.9 Å². The Hall–Kier alpha value is -1.87. The van der Waals surface area contributed by atoms with Gasteiger partial charge in [-0.25, -0.2) is 4.98 Å². The number of anilines is 1. The Kier molecular flexibility index (Phi) is 6.23. The van der Waals surface area contributed by atoms with Gasteiger partial charge in [-0.05, 0) is 26.3 Å². The number of thiazole rings is 1. The van der Waals surface area contributed by atoms with Crippen LogP contribution in [0, 0.1) is 13.8 Å². The largest absolute Gasteiger partial charge is 0.411 e. The van der Waals surface area contributed by atoms with Gasteiger partial charge in [-0.2, -0.15) is 13.2 Å². The molecule has 1 N–H and O–H groups in total. The van der Waals surface area contributed by atoms with Crippen LogP contribution in [0.2, 0.25) is 0 Å². The molecule has 0 aromatic carbocycles. The SMILES string of the molecule is CCCn1c(C)cc(-c2csc(NC(=O)COCC(F)(F)F)n2)c1C. The van der Waals surface area contributed by atoms with Crippen molar-refractivity contribution >= 4 is 22.4 Å². The standard InChI is InChI=1S/C16H20F3N3O2S/c1-4-5-22-10(2)6-12(11(22)3)13-8-25-15(20-13)21-14(23)7-24-9-16(17,18)19/h6,8H,4-5,7,9H2,1-3H3,(H,20,21,23). The summed E-state index contributed by atoms with van der Waals surface area (Å²) in [6.07, 6.45) is -3.43. The average molecular weight is 375 g/mol. The lowest BCUT2D eigenvalue weighted by atomic mass is 10.2. The van der Waals surface area contributed by atoms with E-state index < -0.39 is 25.3 Å². The van der Waals surface area contributed by atoms with E-state index in [9.17, 15) is 18.0 Å². The highest BCUT2D eigenvalue weighted by Gasteiger charge is 2.27. The van der Waals surface area contributed by atoms with Crippen molar-refractivity contribution in [2.24, 2.45) is 0 Å². The third-order valence-corrected chi connectivity index (χ3v) is 4.30. The summed E-state index contributed by atoms with van der Waals surface area (Å²) < 4.78 is 42.5. The van der Waals surface area contributed by atoms with Crippen molar-refractivity contribution in [1.82, 2.24) is 9.55 Å². The number of aromatic nitrogens is 2. The number of hydrogen-bond acceptors (Lipinski definition) is 4. The van der Waals surface area contributed by atoms with E-state index >= 15 is 0 Å². The second-order valence-corrected chi connectivity index (χ2v) is 6.49. The number of hydrogen-bond donors (Lipinski definition) is 1. The van der Waals surface area contributed by atoms with Crippen molar-refractivity contribution in [3.8, 4) is 11.3 Å². The van der Waals surface area contributed by atoms with Crippen LogP contribution >= 0.6 is 11.3 Å². The summed E-state index contributed by atoms with van der Waals surface area (Å²) in [5.41, 5.74) is 3.94. The molecule has 0 saturated carbocycles. The van der Waals surface area contributed by atoms with E-state index in [2.05, 4.69) is 26.5 Å². The predicted octanol–water partition coefficient (Wildman–Crippen LogP) is 4.16. The zero-order valence-corrected chi connectivity index (χ0v) is 15.1. The first kappa shape index (κ1) is 19.5. The quantitative estimate of drug-likeness (QED) is 0.791. The van der Waals surface area contributed by atoms with Crippen molar-refractivity contribution < 1.29 is 22.7 Å². The number of ether oxygens (including phenoxy) is 1. The maximum Gasteiger partial charge on any atom is 0.411 e. The van der Waals surface area contributed by atoms with Crippen LogP contribution in [0.1, 0.15) is 24.7 Å². The number of rotatable bonds is 7. The number of carbonyl (C=O) groups is 1. The third-order valence-electron chi connectivity index (χ3n) is 3.55. The zero-order valence-electron chi connectivity index (χ0n) is 14.2. The minimum absolute atomic E-state index is 0.330. The molecule has 0 radical (unpaired) electrons. The first-order valence-corrected chi connectivity index (χ1v) is 8.66. The van der Waals surface area contributed by atoms with E-state index in [1.165, 1.54) is 11.3 Å². The molecule has 5 nitrogen and oxygen atoms in total. The molecule has 25 heavy (non-hydrogen) atoms. The Morgan fingerprint density at radius 1 is 1.40 bits per heavy atom. The predicted molar refractivity (Wildman–Crippen MR) is 90.8 cm³/mol. The molecular formula is C16H20F3N3O2S. The van der Waals surface area contributed by atoms with Gasteiger partial charge in [0.05, 0.1) is 5.69 Å². The normalized spacial score (nSPS) is 11.8. The van der Waals surface area contributed by atoms with Crippen molar-refractivity contribution in [2.75, 3.05) is 18.5 Å². The van der Waals surface area contributed by atoms with Gasteiger partial charge < -0.3 is 9.30 Å². The van der Waals surface area contributed by atoms with Gasteiger partial charge in [0.25, 0.3) is 5.91 Å². The minimum Gasteiger partial charge on any atom is -0.362 e. The second kappa shape index (κ2) is 8.01. The van der Waals surface area contributed by atoms with Crippen molar-refractivity contribution in [1.29, 1.82) is 0 Å². The number of nitrogens with zero attached hydrogens (tertiary/aromatic N) is 2. The van der Waals surface area contributed by atoms with Gasteiger partial charge >= 0.3 is 6.18 Å². The van der Waals surface area contributed by atoms with Crippen LogP contribution in [0.4, 0.5) is 18.3 Å². The van der Waals surface area contributed by atoms with E-state index in [1.54, 1.807) is 0 Å². The Labute approximate surface area is 147 Å². The van der Waals surface area contributed by atoms with Gasteiger partial charge in [0.2, 0.25) is 0 Å². The number of nitrogens with one attached hydrogen (secondary N) is 1. The molecule has 2 heterocycles. The van der Waals surface area contributed by atoms with Crippen LogP contribution < -0.4 is 5.32 Å². The number of alkyl halides is 3. The summed E-state index contributed by atoms with van der Waals surface area (Å²) in [5, 5.41) is 4.59. The van der Waals surface area contributed by atoms with Crippen molar-refractivity contribution in [3.63, 3.8) is 0 Å². The zero-order chi connectivity index (χ0) is 18.6. The van der Waals surface area contributed by atoms with Crippen LogP contribution in [0.5, 0.6) is 0 Å². The number of aryl methyl sites for hydroxylation is 1. The monoisotopic (exact) mass is 375 g/mol. The maximum atomic E-state index is 12.0. The topological polar surface area (TPSA) is 56.2 Å². The molecule has 2 aromatic heterocycles. The summed E-state index contributed by atoms with van der Waals surface area (Å²) in [4.78, 5) is 16.0. The Morgan fingerprint density at radius 3 is 2.76 bits per heavy atom. The van der Waals surface area contributed by atoms with E-state index in [0.29, 0.717) is 5.13 Å². The van der Waals surface area contributed by atoms with Gasteiger partial charge in [0.1, 0.15) is 13.2 Å². The van der Waals surface area contributed by atoms with Crippen molar-refractivity contribution in [2.45, 2.75) is 39.9 Å². The van der Waals surface area contributed by atoms with E-state index in [-0.39, 0.29) is 0 Å². The molecule has 2 aromatic rings. The van der Waals surface area contributed by atoms with Gasteiger partial charge in [-0.15, -0.1) is 11.3 Å². The van der Waals surface area contributed by atoms with E-state index in [1.807, 2.05) is 25.3 Å². The highest BCUT2D eigenvalue weighted by atomic mass is 32.1. The summed E-state index contributed by atoms with van der Waals surface area (Å²) in [6, 6.07) is 2.04. The van der Waals surface area contributed by atoms with Crippen LogP contribution in [0.3, 0.4) is 0 Å². The smallest absolute Gasteiger partial charge is 0.362 e. The summed E-state index contributed by atoms with van der Waals surface area (Å²) in [5.74, 6) is -0.665. The summed E-state index contributed by atoms with van der Waals surface area (Å²) in [7, 11) is 0. The molecule has 0 aliphatic carbocycles. The van der Waals surface area contributed by atoms with Crippen molar-refractivity contribution in [3.05, 3.63) is 22.8 Å². The number of halogens is 3. The van der Waals surface area contributed by atoms with Crippen LogP contribution in [0.25, 0.3) is 11.3 Å². The molecule has 0 aliphatic rings. The van der Waals surface area contributed by atoms with E-state index in [0.717, 1.165) is 35.6 Å². The lowest BCUT2D eigenvalue weighted by Crippen LogP contribution is -2.23. The first-order valence-electron chi connectivity index (χ1n) is 7.78. The van der Waals surface area contributed by atoms with Crippen LogP contribution in [-0.2, 0) is 16.1 Å².